The number of hydrogen-bond acceptors (Lipinski definition) is 5. The first-order valence-corrected chi connectivity index (χ1v) is 10.1. The molecule has 3 N–H and O–H groups in total. The van der Waals surface area contributed by atoms with Gasteiger partial charge in [-0.25, -0.2) is 4.98 Å². The van der Waals surface area contributed by atoms with E-state index in [9.17, 15) is 9.59 Å². The van der Waals surface area contributed by atoms with Crippen molar-refractivity contribution in [1.29, 1.82) is 0 Å². The van der Waals surface area contributed by atoms with Crippen LogP contribution in [0.3, 0.4) is 0 Å². The molecular weight excluding hydrogens is 419 g/mol. The smallest absolute Gasteiger partial charge is 0.255 e. The van der Waals surface area contributed by atoms with Crippen molar-refractivity contribution >= 4 is 59.2 Å². The third-order valence-corrected chi connectivity index (χ3v) is 5.94. The molecule has 1 aliphatic rings. The van der Waals surface area contributed by atoms with Crippen LogP contribution in [0.4, 0.5) is 11.5 Å². The summed E-state index contributed by atoms with van der Waals surface area (Å²) in [5.74, 6) is 0.355. The minimum Gasteiger partial charge on any atom is -0.384 e. The van der Waals surface area contributed by atoms with Crippen molar-refractivity contribution in [2.75, 3.05) is 29.9 Å². The molecule has 9 heteroatoms. The molecule has 2 amide bonds. The summed E-state index contributed by atoms with van der Waals surface area (Å²) in [4.78, 5) is 31.6. The molecule has 1 aliphatic heterocycles. The van der Waals surface area contributed by atoms with Gasteiger partial charge in [0.2, 0.25) is 5.91 Å². The zero-order valence-electron chi connectivity index (χ0n) is 15.2. The quantitative estimate of drug-likeness (QED) is 0.600. The van der Waals surface area contributed by atoms with Gasteiger partial charge in [-0.3, -0.25) is 9.59 Å². The number of thiol groups is 1. The molecule has 0 saturated carbocycles. The molecule has 148 valence electrons. The number of amides is 2. The van der Waals surface area contributed by atoms with Crippen LogP contribution in [0.2, 0.25) is 10.0 Å². The maximum atomic E-state index is 13.1. The number of carbonyl (C=O) groups is 2. The van der Waals surface area contributed by atoms with Gasteiger partial charge in [-0.05, 0) is 36.2 Å². The van der Waals surface area contributed by atoms with E-state index < -0.39 is 5.41 Å². The number of rotatable bonds is 6. The van der Waals surface area contributed by atoms with Gasteiger partial charge < -0.3 is 16.0 Å². The van der Waals surface area contributed by atoms with E-state index in [0.29, 0.717) is 45.8 Å². The Balaban J connectivity index is 2.00. The Hall–Kier alpha value is -1.96. The Kier molecular flexibility index (Phi) is 6.07. The van der Waals surface area contributed by atoms with Crippen LogP contribution in [0.15, 0.2) is 30.5 Å². The molecule has 1 unspecified atom stereocenters. The molecule has 1 atom stereocenters. The van der Waals surface area contributed by atoms with Crippen LogP contribution in [0, 0.1) is 0 Å². The summed E-state index contributed by atoms with van der Waals surface area (Å²) in [7, 11) is 0. The van der Waals surface area contributed by atoms with Crippen LogP contribution >= 0.6 is 35.8 Å². The first-order chi connectivity index (χ1) is 13.3. The average Bonchev–Trinajstić information content (AvgIpc) is 2.93. The Bertz CT molecular complexity index is 923. The highest BCUT2D eigenvalue weighted by Gasteiger charge is 2.47. The van der Waals surface area contributed by atoms with Crippen LogP contribution in [0.5, 0.6) is 0 Å². The third kappa shape index (κ3) is 3.66. The summed E-state index contributed by atoms with van der Waals surface area (Å²) in [6, 6.07) is 6.53. The molecule has 0 aliphatic carbocycles. The van der Waals surface area contributed by atoms with Crippen molar-refractivity contribution in [3.05, 3.63) is 51.6 Å². The van der Waals surface area contributed by atoms with Crippen molar-refractivity contribution in [3.8, 4) is 0 Å². The molecule has 0 fully saturated rings. The zero-order valence-corrected chi connectivity index (χ0v) is 17.6. The zero-order chi connectivity index (χ0) is 20.5. The normalized spacial score (nSPS) is 17.9. The summed E-state index contributed by atoms with van der Waals surface area (Å²) < 4.78 is 0. The van der Waals surface area contributed by atoms with Gasteiger partial charge in [-0.15, -0.1) is 0 Å². The van der Waals surface area contributed by atoms with E-state index in [1.54, 1.807) is 29.2 Å². The van der Waals surface area contributed by atoms with Gasteiger partial charge >= 0.3 is 0 Å². The van der Waals surface area contributed by atoms with Crippen molar-refractivity contribution in [2.24, 2.45) is 0 Å². The van der Waals surface area contributed by atoms with E-state index in [0.717, 1.165) is 5.56 Å². The van der Waals surface area contributed by atoms with Crippen molar-refractivity contribution in [3.63, 3.8) is 0 Å². The number of fused-ring (bicyclic) bond motifs is 1. The molecule has 1 aromatic carbocycles. The van der Waals surface area contributed by atoms with Gasteiger partial charge in [0.25, 0.3) is 5.91 Å². The second-order valence-corrected chi connectivity index (χ2v) is 7.89. The second kappa shape index (κ2) is 8.19. The van der Waals surface area contributed by atoms with Crippen molar-refractivity contribution in [1.82, 2.24) is 9.88 Å². The van der Waals surface area contributed by atoms with Crippen molar-refractivity contribution in [2.45, 2.75) is 18.8 Å². The SMILES string of the molecule is CCC1(CN(CCS)C(=O)c2ccc(N)nc2)C(=O)Nc2cc(Cl)c(Cl)cc21. The number of benzene rings is 1. The average molecular weight is 439 g/mol. The topological polar surface area (TPSA) is 88.3 Å². The Labute approximate surface area is 178 Å². The molecule has 6 nitrogen and oxygen atoms in total. The number of nitrogen functional groups attached to an aromatic ring is 1. The Morgan fingerprint density at radius 1 is 1.32 bits per heavy atom. The van der Waals surface area contributed by atoms with Gasteiger partial charge in [0.1, 0.15) is 5.82 Å². The van der Waals surface area contributed by atoms with E-state index in [2.05, 4.69) is 22.9 Å². The largest absolute Gasteiger partial charge is 0.384 e. The monoisotopic (exact) mass is 438 g/mol. The van der Waals surface area contributed by atoms with Crippen LogP contribution in [0.25, 0.3) is 0 Å². The van der Waals surface area contributed by atoms with Crippen molar-refractivity contribution < 1.29 is 9.59 Å². The maximum absolute atomic E-state index is 13.1. The molecular formula is C19H20Cl2N4O2S. The van der Waals surface area contributed by atoms with Gasteiger partial charge in [0.15, 0.2) is 0 Å². The molecule has 3 rings (SSSR count). The minimum atomic E-state index is -0.927. The molecule has 28 heavy (non-hydrogen) atoms. The predicted molar refractivity (Wildman–Crippen MR) is 115 cm³/mol. The van der Waals surface area contributed by atoms with E-state index in [1.165, 1.54) is 6.20 Å². The summed E-state index contributed by atoms with van der Waals surface area (Å²) in [6.07, 6.45) is 1.92. The minimum absolute atomic E-state index is 0.185. The standard InChI is InChI=1S/C19H20Cl2N4O2S/c1-2-19(12-7-13(20)14(21)8-15(12)24-18(19)27)10-25(5-6-28)17(26)11-3-4-16(22)23-9-11/h3-4,7-9,28H,2,5-6,10H2,1H3,(H2,22,23)(H,24,27). The Morgan fingerprint density at radius 2 is 2.04 bits per heavy atom. The molecule has 2 aromatic rings. The van der Waals surface area contributed by atoms with Crippen LogP contribution in [0.1, 0.15) is 29.3 Å². The number of pyridine rings is 1. The summed E-state index contributed by atoms with van der Waals surface area (Å²) >= 11 is 16.6. The van der Waals surface area contributed by atoms with E-state index >= 15 is 0 Å². The lowest BCUT2D eigenvalue weighted by Crippen LogP contribution is -2.48. The summed E-state index contributed by atoms with van der Waals surface area (Å²) in [5.41, 5.74) is 6.44. The lowest BCUT2D eigenvalue weighted by Gasteiger charge is -2.33. The maximum Gasteiger partial charge on any atom is 0.255 e. The highest BCUT2D eigenvalue weighted by molar-refractivity contribution is 7.80. The van der Waals surface area contributed by atoms with Gasteiger partial charge in [-0.2, -0.15) is 12.6 Å². The number of halogens is 2. The molecule has 0 radical (unpaired) electrons. The first kappa shape index (κ1) is 20.8. The number of nitrogens with one attached hydrogen (secondary N) is 1. The molecule has 2 heterocycles. The first-order valence-electron chi connectivity index (χ1n) is 8.75. The number of aromatic nitrogens is 1. The summed E-state index contributed by atoms with van der Waals surface area (Å²) in [6.45, 7) is 2.47. The summed E-state index contributed by atoms with van der Waals surface area (Å²) in [5, 5.41) is 3.60. The lowest BCUT2D eigenvalue weighted by atomic mass is 9.78. The van der Waals surface area contributed by atoms with Gasteiger partial charge in [-0.1, -0.05) is 30.1 Å². The molecule has 0 saturated heterocycles. The molecule has 0 spiro atoms. The van der Waals surface area contributed by atoms with Crippen LogP contribution < -0.4 is 11.1 Å². The van der Waals surface area contributed by atoms with E-state index in [1.807, 2.05) is 6.92 Å². The number of hydrogen-bond donors (Lipinski definition) is 3. The third-order valence-electron chi connectivity index (χ3n) is 5.01. The molecule has 1 aromatic heterocycles. The Morgan fingerprint density at radius 3 is 2.64 bits per heavy atom. The van der Waals surface area contributed by atoms with Crippen LogP contribution in [-0.4, -0.2) is 40.5 Å². The fraction of sp³-hybridized carbons (Fsp3) is 0.316. The fourth-order valence-corrected chi connectivity index (χ4v) is 4.01. The highest BCUT2D eigenvalue weighted by Crippen LogP contribution is 2.44. The highest BCUT2D eigenvalue weighted by atomic mass is 35.5. The van der Waals surface area contributed by atoms with Crippen LogP contribution in [-0.2, 0) is 10.2 Å². The number of nitrogens with zero attached hydrogens (tertiary/aromatic N) is 2. The van der Waals surface area contributed by atoms with E-state index in [-0.39, 0.29) is 18.4 Å². The predicted octanol–water partition coefficient (Wildman–Crippen LogP) is 3.64. The number of nitrogens with two attached hydrogens (primary N) is 1. The number of carbonyl (C=O) groups excluding carboxylic acids is 2. The molecule has 0 bridgehead atoms. The van der Waals surface area contributed by atoms with Gasteiger partial charge in [0.05, 0.1) is 21.0 Å². The number of anilines is 2. The fourth-order valence-electron chi connectivity index (χ4n) is 3.44. The van der Waals surface area contributed by atoms with Gasteiger partial charge in [0, 0.05) is 30.7 Å². The van der Waals surface area contributed by atoms with E-state index in [4.69, 9.17) is 28.9 Å². The lowest BCUT2D eigenvalue weighted by molar-refractivity contribution is -0.121. The second-order valence-electron chi connectivity index (χ2n) is 6.62.